The van der Waals surface area contributed by atoms with E-state index < -0.39 is 108 Å². The van der Waals surface area contributed by atoms with Crippen LogP contribution in [-0.2, 0) is 75.1 Å². The van der Waals surface area contributed by atoms with Crippen molar-refractivity contribution in [1.29, 1.82) is 0 Å². The highest BCUT2D eigenvalue weighted by atomic mass is 16.6. The minimum absolute atomic E-state index is 0.0559. The van der Waals surface area contributed by atoms with Crippen molar-refractivity contribution in [3.63, 3.8) is 0 Å². The number of likely N-dealkylation sites (N-methyl/N-ethyl adjacent to an activating group) is 1. The Bertz CT molecular complexity index is 2030. The van der Waals surface area contributed by atoms with Gasteiger partial charge in [0, 0.05) is 32.9 Å². The molecule has 6 N–H and O–H groups in total. The Morgan fingerprint density at radius 3 is 1.78 bits per heavy atom. The normalized spacial score (nSPS) is 13.1. The van der Waals surface area contributed by atoms with Crippen molar-refractivity contribution >= 4 is 59.4 Å². The van der Waals surface area contributed by atoms with Crippen LogP contribution in [0.15, 0.2) is 60.7 Å². The minimum Gasteiger partial charge on any atom is -0.467 e. The van der Waals surface area contributed by atoms with E-state index in [0.717, 1.165) is 24.7 Å². The van der Waals surface area contributed by atoms with Crippen molar-refractivity contribution in [2.24, 2.45) is 5.92 Å². The Morgan fingerprint density at radius 1 is 0.632 bits per heavy atom. The zero-order chi connectivity index (χ0) is 51.0. The molecule has 0 saturated carbocycles. The number of carbonyl (C=O) groups is 10. The Hall–Kier alpha value is -7.06. The Balaban J connectivity index is 1.92. The van der Waals surface area contributed by atoms with Crippen LogP contribution < -0.4 is 31.9 Å². The molecule has 7 amide bonds. The second-order valence-electron chi connectivity index (χ2n) is 17.3. The molecular formula is C47H67N7O14. The molecule has 0 fully saturated rings. The molecule has 0 aliphatic rings. The van der Waals surface area contributed by atoms with Crippen molar-refractivity contribution < 1.29 is 66.9 Å². The van der Waals surface area contributed by atoms with Gasteiger partial charge in [-0.15, -0.1) is 0 Å². The zero-order valence-electron chi connectivity index (χ0n) is 40.3. The summed E-state index contributed by atoms with van der Waals surface area (Å²) in [5, 5.41) is 15.2. The fraction of sp³-hybridized carbons (Fsp3) is 0.532. The molecule has 21 heteroatoms. The van der Waals surface area contributed by atoms with Crippen LogP contribution in [0, 0.1) is 5.92 Å². The van der Waals surface area contributed by atoms with E-state index in [0.29, 0.717) is 5.56 Å². The summed E-state index contributed by atoms with van der Waals surface area (Å²) in [5.41, 5.74) is 0.670. The molecule has 0 heterocycles. The number of rotatable bonds is 26. The molecule has 5 atom stereocenters. The lowest BCUT2D eigenvalue weighted by molar-refractivity contribution is -0.153. The zero-order valence-corrected chi connectivity index (χ0v) is 40.3. The number of ether oxygens (including phenoxy) is 4. The largest absolute Gasteiger partial charge is 0.467 e. The minimum atomic E-state index is -1.42. The summed E-state index contributed by atoms with van der Waals surface area (Å²) in [7, 11) is 3.51. The fourth-order valence-electron chi connectivity index (χ4n) is 6.28. The number of hydrogen-bond acceptors (Lipinski definition) is 14. The summed E-state index contributed by atoms with van der Waals surface area (Å²) in [5.74, 6) is -6.75. The molecule has 0 spiro atoms. The van der Waals surface area contributed by atoms with Crippen LogP contribution in [0.5, 0.6) is 0 Å². The fourth-order valence-corrected chi connectivity index (χ4v) is 6.28. The molecule has 0 saturated heterocycles. The quantitative estimate of drug-likeness (QED) is 0.0574. The maximum absolute atomic E-state index is 13.4. The van der Waals surface area contributed by atoms with E-state index in [4.69, 9.17) is 18.9 Å². The number of hydrogen-bond donors (Lipinski definition) is 6. The van der Waals surface area contributed by atoms with Crippen molar-refractivity contribution in [2.45, 2.75) is 122 Å². The van der Waals surface area contributed by atoms with E-state index in [-0.39, 0.29) is 51.2 Å². The smallest absolute Gasteiger partial charge is 0.408 e. The first kappa shape index (κ1) is 57.1. The molecule has 0 aliphatic heterocycles. The van der Waals surface area contributed by atoms with Gasteiger partial charge in [0.2, 0.25) is 35.4 Å². The van der Waals surface area contributed by atoms with Gasteiger partial charge >= 0.3 is 24.0 Å². The van der Waals surface area contributed by atoms with Gasteiger partial charge in [0.15, 0.2) is 0 Å². The third kappa shape index (κ3) is 22.4. The van der Waals surface area contributed by atoms with Crippen LogP contribution in [0.1, 0.15) is 84.8 Å². The van der Waals surface area contributed by atoms with Gasteiger partial charge in [-0.1, -0.05) is 74.5 Å². The lowest BCUT2D eigenvalue weighted by atomic mass is 10.0. The van der Waals surface area contributed by atoms with Gasteiger partial charge < -0.3 is 55.7 Å². The number of methoxy groups -OCH3 is 2. The molecule has 68 heavy (non-hydrogen) atoms. The summed E-state index contributed by atoms with van der Waals surface area (Å²) >= 11 is 0. The Kier molecular flexibility index (Phi) is 24.2. The number of amides is 7. The van der Waals surface area contributed by atoms with E-state index in [9.17, 15) is 47.9 Å². The summed E-state index contributed by atoms with van der Waals surface area (Å²) in [4.78, 5) is 130. The average molecular weight is 954 g/mol. The van der Waals surface area contributed by atoms with Crippen molar-refractivity contribution in [2.75, 3.05) is 34.4 Å². The molecule has 0 aliphatic carbocycles. The second-order valence-corrected chi connectivity index (χ2v) is 17.3. The molecule has 21 nitrogen and oxygen atoms in total. The summed E-state index contributed by atoms with van der Waals surface area (Å²) in [6.07, 6.45) is -1.87. The maximum atomic E-state index is 13.4. The Labute approximate surface area is 396 Å². The Morgan fingerprint density at radius 2 is 1.21 bits per heavy atom. The van der Waals surface area contributed by atoms with E-state index in [1.807, 2.05) is 6.07 Å². The molecule has 0 aromatic heterocycles. The second kappa shape index (κ2) is 28.9. The SMILES string of the molecule is COC(=O)[C@@H](CCC(=O)N(C)CC(=O)N[C@H](C)C(=O)N[C@@H](CC(C)C)C(=O)N[C@H](CC(=O)OCc1ccccc1)C(=O)OC)NC(=O)CCNC(=O)[C@H](Cc1ccccc1)NC(=O)OC(C)(C)C. The number of nitrogens with one attached hydrogen (secondary N) is 6. The average Bonchev–Trinajstić information content (AvgIpc) is 3.27. The van der Waals surface area contributed by atoms with Gasteiger partial charge in [0.1, 0.15) is 42.4 Å². The summed E-state index contributed by atoms with van der Waals surface area (Å²) in [6, 6.07) is 11.7. The van der Waals surface area contributed by atoms with Gasteiger partial charge in [-0.2, -0.15) is 0 Å². The molecule has 0 unspecified atom stereocenters. The highest BCUT2D eigenvalue weighted by Crippen LogP contribution is 2.11. The van der Waals surface area contributed by atoms with Gasteiger partial charge in [-0.3, -0.25) is 33.6 Å². The molecule has 0 radical (unpaired) electrons. The van der Waals surface area contributed by atoms with E-state index in [1.54, 1.807) is 89.2 Å². The first-order valence-corrected chi connectivity index (χ1v) is 22.1. The van der Waals surface area contributed by atoms with Gasteiger partial charge in [-0.05, 0) is 57.6 Å². The van der Waals surface area contributed by atoms with Gasteiger partial charge in [0.05, 0.1) is 27.2 Å². The van der Waals surface area contributed by atoms with Crippen molar-refractivity contribution in [3.05, 3.63) is 71.8 Å². The first-order chi connectivity index (χ1) is 32.0. The van der Waals surface area contributed by atoms with Crippen LogP contribution in [0.4, 0.5) is 4.79 Å². The van der Waals surface area contributed by atoms with Gasteiger partial charge in [0.25, 0.3) is 0 Å². The first-order valence-electron chi connectivity index (χ1n) is 22.1. The predicted molar refractivity (Wildman–Crippen MR) is 246 cm³/mol. The number of carbonyl (C=O) groups excluding carboxylic acids is 10. The summed E-state index contributed by atoms with van der Waals surface area (Å²) in [6.45, 7) is 9.28. The number of esters is 3. The molecule has 374 valence electrons. The van der Waals surface area contributed by atoms with E-state index in [2.05, 4.69) is 31.9 Å². The monoisotopic (exact) mass is 953 g/mol. The summed E-state index contributed by atoms with van der Waals surface area (Å²) < 4.78 is 20.1. The maximum Gasteiger partial charge on any atom is 0.408 e. The van der Waals surface area contributed by atoms with Gasteiger partial charge in [-0.25, -0.2) is 14.4 Å². The number of alkyl carbamates (subject to hydrolysis) is 1. The third-order valence-corrected chi connectivity index (χ3v) is 9.74. The van der Waals surface area contributed by atoms with Crippen LogP contribution in [0.3, 0.4) is 0 Å². The topological polar surface area (TPSA) is 283 Å². The predicted octanol–water partition coefficient (Wildman–Crippen LogP) is 1.35. The molecule has 2 aromatic rings. The van der Waals surface area contributed by atoms with Crippen molar-refractivity contribution in [3.8, 4) is 0 Å². The standard InChI is InChI=1S/C47H67N7O14/c1-29(2)24-34(43(61)52-36(45(63)66-9)26-40(58)67-28-32-18-14-11-15-19-32)51-41(59)30(3)49-38(56)27-54(7)39(57)21-20-33(44(62)65-8)50-37(55)22-23-48-42(60)35(25-31-16-12-10-13-17-31)53-46(64)68-47(4,5)6/h10-19,29-30,33-36H,20-28H2,1-9H3,(H,48,60)(H,49,56)(H,50,55)(H,51,59)(H,52,61)(H,53,64)/t30-,33-,34+,35+,36-/m1/s1. The highest BCUT2D eigenvalue weighted by molar-refractivity contribution is 5.95. The van der Waals surface area contributed by atoms with Crippen LogP contribution in [-0.4, -0.2) is 135 Å². The molecule has 0 bridgehead atoms. The number of nitrogens with zero attached hydrogens (tertiary/aromatic N) is 1. The van der Waals surface area contributed by atoms with Crippen LogP contribution in [0.2, 0.25) is 0 Å². The van der Waals surface area contributed by atoms with Crippen molar-refractivity contribution in [1.82, 2.24) is 36.8 Å². The highest BCUT2D eigenvalue weighted by Gasteiger charge is 2.32. The number of benzene rings is 2. The molecular weight excluding hydrogens is 887 g/mol. The third-order valence-electron chi connectivity index (χ3n) is 9.74. The van der Waals surface area contributed by atoms with Crippen LogP contribution >= 0.6 is 0 Å². The lowest BCUT2D eigenvalue weighted by Crippen LogP contribution is -2.56. The van der Waals surface area contributed by atoms with E-state index in [1.165, 1.54) is 14.0 Å². The van der Waals surface area contributed by atoms with E-state index >= 15 is 0 Å². The lowest BCUT2D eigenvalue weighted by Gasteiger charge is -2.25. The molecule has 2 aromatic carbocycles. The molecule has 2 rings (SSSR count). The van der Waals surface area contributed by atoms with Crippen LogP contribution in [0.25, 0.3) is 0 Å².